The normalized spacial score (nSPS) is 18.9. The number of hydrogen-bond donors (Lipinski definition) is 1. The number of halogens is 1. The summed E-state index contributed by atoms with van der Waals surface area (Å²) in [6.45, 7) is 3.10. The fourth-order valence-corrected chi connectivity index (χ4v) is 3.23. The molecule has 1 aromatic carbocycles. The first-order chi connectivity index (χ1) is 8.26. The maximum Gasteiger partial charge on any atom is 0.131 e. The van der Waals surface area contributed by atoms with Gasteiger partial charge in [0, 0.05) is 29.2 Å². The third-order valence-electron chi connectivity index (χ3n) is 2.99. The number of rotatable bonds is 4. The predicted octanol–water partition coefficient (Wildman–Crippen LogP) is 3.12. The van der Waals surface area contributed by atoms with Gasteiger partial charge in [-0.2, -0.15) is 11.8 Å². The molecule has 2 nitrogen and oxygen atoms in total. The average Bonchev–Trinajstić information content (AvgIpc) is 2.36. The summed E-state index contributed by atoms with van der Waals surface area (Å²) in [6, 6.07) is 3.68. The summed E-state index contributed by atoms with van der Waals surface area (Å²) in [4.78, 5) is 0. The molecule has 1 heterocycles. The number of benzene rings is 1. The van der Waals surface area contributed by atoms with Crippen LogP contribution < -0.4 is 10.1 Å². The summed E-state index contributed by atoms with van der Waals surface area (Å²) in [5.41, 5.74) is 1.89. The Kier molecular flexibility index (Phi) is 4.29. The van der Waals surface area contributed by atoms with Crippen LogP contribution in [0.5, 0.6) is 5.75 Å². The molecule has 0 bridgehead atoms. The van der Waals surface area contributed by atoms with Crippen molar-refractivity contribution in [3.8, 4) is 5.75 Å². The molecule has 1 atom stereocenters. The molecule has 4 heteroatoms. The summed E-state index contributed by atoms with van der Waals surface area (Å²) in [7, 11) is 1.58. The number of methoxy groups -OCH3 is 1. The highest BCUT2D eigenvalue weighted by Gasteiger charge is 2.23. The van der Waals surface area contributed by atoms with Crippen molar-refractivity contribution in [2.45, 2.75) is 25.1 Å². The minimum absolute atomic E-state index is 0.144. The molecule has 1 aromatic rings. The van der Waals surface area contributed by atoms with Crippen molar-refractivity contribution in [2.24, 2.45) is 0 Å². The SMILES string of the molecule is CCCNC1CSCc2c(F)cc(OC)cc21. The Balaban J connectivity index is 2.31. The van der Waals surface area contributed by atoms with Gasteiger partial charge in [-0.15, -0.1) is 0 Å². The molecule has 0 aliphatic carbocycles. The minimum atomic E-state index is -0.144. The summed E-state index contributed by atoms with van der Waals surface area (Å²) < 4.78 is 19.0. The molecule has 0 aromatic heterocycles. The van der Waals surface area contributed by atoms with Crippen molar-refractivity contribution in [2.75, 3.05) is 19.4 Å². The van der Waals surface area contributed by atoms with Crippen molar-refractivity contribution in [1.82, 2.24) is 5.32 Å². The molecular formula is C13H18FNOS. The van der Waals surface area contributed by atoms with Gasteiger partial charge in [-0.05, 0) is 24.6 Å². The molecular weight excluding hydrogens is 237 g/mol. The largest absolute Gasteiger partial charge is 0.497 e. The quantitative estimate of drug-likeness (QED) is 0.893. The molecule has 1 unspecified atom stereocenters. The van der Waals surface area contributed by atoms with E-state index in [4.69, 9.17) is 4.74 Å². The monoisotopic (exact) mass is 255 g/mol. The Labute approximate surface area is 106 Å². The van der Waals surface area contributed by atoms with Crippen LogP contribution in [0.2, 0.25) is 0 Å². The van der Waals surface area contributed by atoms with Gasteiger partial charge in [0.15, 0.2) is 0 Å². The van der Waals surface area contributed by atoms with E-state index in [1.54, 1.807) is 18.9 Å². The second-order valence-electron chi connectivity index (χ2n) is 4.20. The molecule has 1 aliphatic heterocycles. The number of nitrogens with one attached hydrogen (secondary N) is 1. The van der Waals surface area contributed by atoms with Crippen LogP contribution in [0.3, 0.4) is 0 Å². The van der Waals surface area contributed by atoms with Crippen LogP contribution in [0, 0.1) is 5.82 Å². The summed E-state index contributed by atoms with van der Waals surface area (Å²) in [6.07, 6.45) is 1.09. The van der Waals surface area contributed by atoms with Crippen LogP contribution in [0.15, 0.2) is 12.1 Å². The first-order valence-electron chi connectivity index (χ1n) is 5.93. The molecule has 2 rings (SSSR count). The van der Waals surface area contributed by atoms with Gasteiger partial charge in [0.05, 0.1) is 7.11 Å². The lowest BCUT2D eigenvalue weighted by Crippen LogP contribution is -2.27. The Bertz CT molecular complexity index is 397. The molecule has 1 N–H and O–H groups in total. The average molecular weight is 255 g/mol. The number of thioether (sulfide) groups is 1. The standard InChI is InChI=1S/C13H18FNOS/c1-3-4-15-13-8-17-7-11-10(13)5-9(16-2)6-12(11)14/h5-6,13,15H,3-4,7-8H2,1-2H3. The molecule has 0 saturated heterocycles. The van der Waals surface area contributed by atoms with E-state index in [9.17, 15) is 4.39 Å². The van der Waals surface area contributed by atoms with Crippen molar-refractivity contribution < 1.29 is 9.13 Å². The maximum atomic E-state index is 13.9. The summed E-state index contributed by atoms with van der Waals surface area (Å²) in [5.74, 6) is 2.22. The summed E-state index contributed by atoms with van der Waals surface area (Å²) >= 11 is 1.78. The molecule has 17 heavy (non-hydrogen) atoms. The van der Waals surface area contributed by atoms with E-state index < -0.39 is 0 Å². The van der Waals surface area contributed by atoms with Gasteiger partial charge < -0.3 is 10.1 Å². The Morgan fingerprint density at radius 2 is 2.35 bits per heavy atom. The topological polar surface area (TPSA) is 21.3 Å². The highest BCUT2D eigenvalue weighted by molar-refractivity contribution is 7.98. The fraction of sp³-hybridized carbons (Fsp3) is 0.538. The number of ether oxygens (including phenoxy) is 1. The minimum Gasteiger partial charge on any atom is -0.497 e. The van der Waals surface area contributed by atoms with Gasteiger partial charge in [0.2, 0.25) is 0 Å². The van der Waals surface area contributed by atoms with E-state index in [1.165, 1.54) is 6.07 Å². The first-order valence-corrected chi connectivity index (χ1v) is 7.09. The van der Waals surface area contributed by atoms with Crippen LogP contribution in [0.4, 0.5) is 4.39 Å². The molecule has 0 saturated carbocycles. The first kappa shape index (κ1) is 12.7. The zero-order chi connectivity index (χ0) is 12.3. The molecule has 0 spiro atoms. The lowest BCUT2D eigenvalue weighted by molar-refractivity contribution is 0.408. The second-order valence-corrected chi connectivity index (χ2v) is 5.23. The van der Waals surface area contributed by atoms with Crippen LogP contribution in [0.25, 0.3) is 0 Å². The fourth-order valence-electron chi connectivity index (χ4n) is 2.07. The zero-order valence-corrected chi connectivity index (χ0v) is 11.1. The second kappa shape index (κ2) is 5.74. The maximum absolute atomic E-state index is 13.9. The lowest BCUT2D eigenvalue weighted by atomic mass is 10.0. The van der Waals surface area contributed by atoms with Gasteiger partial charge >= 0.3 is 0 Å². The smallest absolute Gasteiger partial charge is 0.131 e. The predicted molar refractivity (Wildman–Crippen MR) is 70.1 cm³/mol. The Morgan fingerprint density at radius 3 is 3.06 bits per heavy atom. The van der Waals surface area contributed by atoms with Crippen molar-refractivity contribution in [3.05, 3.63) is 29.1 Å². The zero-order valence-electron chi connectivity index (χ0n) is 10.3. The van der Waals surface area contributed by atoms with Crippen molar-refractivity contribution in [3.63, 3.8) is 0 Å². The van der Waals surface area contributed by atoms with Gasteiger partial charge in [-0.1, -0.05) is 6.92 Å². The van der Waals surface area contributed by atoms with Crippen LogP contribution >= 0.6 is 11.8 Å². The van der Waals surface area contributed by atoms with Crippen molar-refractivity contribution >= 4 is 11.8 Å². The molecule has 94 valence electrons. The van der Waals surface area contributed by atoms with Gasteiger partial charge in [-0.3, -0.25) is 0 Å². The number of hydrogen-bond acceptors (Lipinski definition) is 3. The third-order valence-corrected chi connectivity index (χ3v) is 4.05. The van der Waals surface area contributed by atoms with Crippen LogP contribution in [-0.4, -0.2) is 19.4 Å². The van der Waals surface area contributed by atoms with Crippen LogP contribution in [-0.2, 0) is 5.75 Å². The van der Waals surface area contributed by atoms with Gasteiger partial charge in [-0.25, -0.2) is 4.39 Å². The van der Waals surface area contributed by atoms with E-state index in [0.29, 0.717) is 5.75 Å². The lowest BCUT2D eigenvalue weighted by Gasteiger charge is -2.27. The number of fused-ring (bicyclic) bond motifs is 1. The Morgan fingerprint density at radius 1 is 1.53 bits per heavy atom. The summed E-state index contributed by atoms with van der Waals surface area (Å²) in [5, 5.41) is 3.46. The van der Waals surface area contributed by atoms with E-state index in [-0.39, 0.29) is 11.9 Å². The molecule has 0 fully saturated rings. The van der Waals surface area contributed by atoms with E-state index >= 15 is 0 Å². The van der Waals surface area contributed by atoms with Crippen LogP contribution in [0.1, 0.15) is 30.5 Å². The van der Waals surface area contributed by atoms with E-state index in [0.717, 1.165) is 35.6 Å². The molecule has 0 amide bonds. The Hall–Kier alpha value is -0.740. The highest BCUT2D eigenvalue weighted by Crippen LogP contribution is 2.35. The van der Waals surface area contributed by atoms with Gasteiger partial charge in [0.25, 0.3) is 0 Å². The van der Waals surface area contributed by atoms with E-state index in [2.05, 4.69) is 12.2 Å². The molecule has 1 aliphatic rings. The third kappa shape index (κ3) is 2.75. The van der Waals surface area contributed by atoms with Crippen molar-refractivity contribution in [1.29, 1.82) is 0 Å². The van der Waals surface area contributed by atoms with E-state index in [1.807, 2.05) is 6.07 Å². The van der Waals surface area contributed by atoms with Gasteiger partial charge in [0.1, 0.15) is 11.6 Å². The highest BCUT2D eigenvalue weighted by atomic mass is 32.2. The molecule has 0 radical (unpaired) electrons.